The summed E-state index contributed by atoms with van der Waals surface area (Å²) in [5, 5.41) is 20.5. The molecule has 46 heavy (non-hydrogen) atoms. The Bertz CT molecular complexity index is 1630. The van der Waals surface area contributed by atoms with Crippen LogP contribution in [0.5, 0.6) is 23.0 Å². The van der Waals surface area contributed by atoms with Gasteiger partial charge in [-0.2, -0.15) is 5.10 Å². The van der Waals surface area contributed by atoms with Gasteiger partial charge in [-0.15, -0.1) is 0 Å². The number of benzene rings is 3. The SMILES string of the molecule is CCOc1cc([C@H]2NC(=O)NC(C)=C2C(=O)OC)ccc1OC[C@@H](O)N/N=C/c1cc(Br)c(OCc2ccccc2Cl)c(OC)c1. The molecule has 12 nitrogen and oxygen atoms in total. The lowest BCUT2D eigenvalue weighted by atomic mass is 9.95. The van der Waals surface area contributed by atoms with E-state index in [4.69, 9.17) is 35.3 Å². The monoisotopic (exact) mass is 716 g/mol. The van der Waals surface area contributed by atoms with Crippen molar-refractivity contribution in [2.75, 3.05) is 27.4 Å². The van der Waals surface area contributed by atoms with Crippen LogP contribution in [0.25, 0.3) is 0 Å². The molecule has 0 saturated heterocycles. The molecule has 3 aromatic rings. The Labute approximate surface area is 279 Å². The lowest BCUT2D eigenvalue weighted by Gasteiger charge is -2.28. The number of nitrogens with zero attached hydrogens (tertiary/aromatic N) is 1. The molecule has 3 aromatic carbocycles. The molecule has 0 aromatic heterocycles. The minimum Gasteiger partial charge on any atom is -0.493 e. The lowest BCUT2D eigenvalue weighted by Crippen LogP contribution is -2.45. The van der Waals surface area contributed by atoms with Gasteiger partial charge in [-0.1, -0.05) is 35.9 Å². The van der Waals surface area contributed by atoms with Crippen molar-refractivity contribution in [1.29, 1.82) is 0 Å². The maximum atomic E-state index is 12.5. The molecule has 0 aliphatic carbocycles. The van der Waals surface area contributed by atoms with Gasteiger partial charge >= 0.3 is 12.0 Å². The quantitative estimate of drug-likeness (QED) is 0.0764. The van der Waals surface area contributed by atoms with Gasteiger partial charge in [0.15, 0.2) is 29.2 Å². The van der Waals surface area contributed by atoms with E-state index in [9.17, 15) is 14.7 Å². The number of hydrogen-bond acceptors (Lipinski definition) is 10. The summed E-state index contributed by atoms with van der Waals surface area (Å²) in [6.45, 7) is 3.84. The smallest absolute Gasteiger partial charge is 0.337 e. The topological polar surface area (TPSA) is 149 Å². The number of aliphatic hydroxyl groups excluding tert-OH is 1. The van der Waals surface area contributed by atoms with Gasteiger partial charge in [0.2, 0.25) is 0 Å². The number of methoxy groups -OCH3 is 2. The number of carbonyl (C=O) groups is 2. The maximum Gasteiger partial charge on any atom is 0.337 e. The number of hydrazone groups is 1. The molecule has 0 spiro atoms. The van der Waals surface area contributed by atoms with Crippen molar-refractivity contribution >= 4 is 45.7 Å². The molecule has 2 amide bonds. The average molecular weight is 718 g/mol. The number of nitrogens with one attached hydrogen (secondary N) is 3. The Morgan fingerprint density at radius 1 is 1.11 bits per heavy atom. The molecular formula is C32H34BrClN4O8. The number of rotatable bonds is 14. The van der Waals surface area contributed by atoms with E-state index in [0.717, 1.165) is 5.56 Å². The summed E-state index contributed by atoms with van der Waals surface area (Å²) in [5.41, 5.74) is 5.36. The van der Waals surface area contributed by atoms with E-state index in [2.05, 4.69) is 37.1 Å². The predicted molar refractivity (Wildman–Crippen MR) is 175 cm³/mol. The van der Waals surface area contributed by atoms with E-state index in [1.54, 1.807) is 43.3 Å². The second-order valence-electron chi connectivity index (χ2n) is 9.83. The molecule has 1 heterocycles. The van der Waals surface area contributed by atoms with Crippen molar-refractivity contribution in [1.82, 2.24) is 16.1 Å². The van der Waals surface area contributed by atoms with Gasteiger partial charge in [-0.25, -0.2) is 9.59 Å². The number of esters is 1. The summed E-state index contributed by atoms with van der Waals surface area (Å²) in [4.78, 5) is 24.6. The van der Waals surface area contributed by atoms with Crippen LogP contribution in [0.15, 0.2) is 75.4 Å². The van der Waals surface area contributed by atoms with Crippen LogP contribution in [0.4, 0.5) is 4.79 Å². The third kappa shape index (κ3) is 8.62. The third-order valence-corrected chi connectivity index (χ3v) is 7.65. The van der Waals surface area contributed by atoms with Gasteiger partial charge < -0.3 is 39.4 Å². The first-order valence-electron chi connectivity index (χ1n) is 14.1. The first-order valence-corrected chi connectivity index (χ1v) is 15.3. The highest BCUT2D eigenvalue weighted by Crippen LogP contribution is 2.37. The van der Waals surface area contributed by atoms with Crippen LogP contribution < -0.4 is 35.0 Å². The molecule has 4 N–H and O–H groups in total. The second kappa shape index (κ2) is 16.2. The fourth-order valence-electron chi connectivity index (χ4n) is 4.54. The molecule has 0 saturated carbocycles. The number of allylic oxidation sites excluding steroid dienone is 1. The summed E-state index contributed by atoms with van der Waals surface area (Å²) < 4.78 is 28.6. The largest absolute Gasteiger partial charge is 0.493 e. The molecule has 4 rings (SSSR count). The Morgan fingerprint density at radius 2 is 1.89 bits per heavy atom. The molecular weight excluding hydrogens is 684 g/mol. The summed E-state index contributed by atoms with van der Waals surface area (Å²) in [5.74, 6) is 1.11. The number of amides is 2. The predicted octanol–water partition coefficient (Wildman–Crippen LogP) is 5.21. The van der Waals surface area contributed by atoms with Crippen molar-refractivity contribution in [3.05, 3.63) is 92.1 Å². The number of aliphatic hydroxyl groups is 1. The normalized spacial score (nSPS) is 15.1. The maximum absolute atomic E-state index is 12.5. The van der Waals surface area contributed by atoms with Gasteiger partial charge in [0.25, 0.3) is 0 Å². The van der Waals surface area contributed by atoms with Crippen LogP contribution >= 0.6 is 27.5 Å². The van der Waals surface area contributed by atoms with E-state index in [1.807, 2.05) is 25.1 Å². The fourth-order valence-corrected chi connectivity index (χ4v) is 5.30. The molecule has 0 radical (unpaired) electrons. The highest BCUT2D eigenvalue weighted by molar-refractivity contribution is 9.10. The van der Waals surface area contributed by atoms with Gasteiger partial charge in [0.1, 0.15) is 13.2 Å². The number of ether oxygens (including phenoxy) is 5. The van der Waals surface area contributed by atoms with E-state index in [0.29, 0.717) is 55.9 Å². The highest BCUT2D eigenvalue weighted by Gasteiger charge is 2.32. The molecule has 14 heteroatoms. The fraction of sp³-hybridized carbons (Fsp3) is 0.281. The van der Waals surface area contributed by atoms with Crippen LogP contribution in [0.1, 0.15) is 36.6 Å². The van der Waals surface area contributed by atoms with Crippen LogP contribution in [-0.4, -0.2) is 57.0 Å². The van der Waals surface area contributed by atoms with Gasteiger partial charge in [0, 0.05) is 16.3 Å². The number of halogens is 2. The minimum absolute atomic E-state index is 0.172. The van der Waals surface area contributed by atoms with Crippen LogP contribution in [0.2, 0.25) is 5.02 Å². The summed E-state index contributed by atoms with van der Waals surface area (Å²) in [6.07, 6.45) is 0.338. The van der Waals surface area contributed by atoms with Crippen molar-refractivity contribution < 1.29 is 38.4 Å². The summed E-state index contributed by atoms with van der Waals surface area (Å²) >= 11 is 9.76. The summed E-state index contributed by atoms with van der Waals surface area (Å²) in [7, 11) is 2.80. The standard InChI is InChI=1S/C32H34BrClN4O8/c1-5-44-25-14-20(29-28(31(40)43-4)18(2)36-32(41)37-29)10-11-24(25)45-17-27(39)38-35-15-19-12-22(33)30(26(13-19)42-3)46-16-21-8-6-7-9-23(21)34/h6-15,27,29,38-39H,5,16-17H2,1-4H3,(H2,36,37,41)/b35-15+/t27-,29-/m1/s1. The van der Waals surface area contributed by atoms with E-state index in [-0.39, 0.29) is 18.8 Å². The molecule has 1 aliphatic heterocycles. The van der Waals surface area contributed by atoms with E-state index in [1.165, 1.54) is 20.4 Å². The zero-order valence-corrected chi connectivity index (χ0v) is 27.9. The highest BCUT2D eigenvalue weighted by atomic mass is 79.9. The van der Waals surface area contributed by atoms with Crippen molar-refractivity contribution in [2.45, 2.75) is 32.7 Å². The molecule has 0 fully saturated rings. The Kier molecular flexibility index (Phi) is 12.1. The summed E-state index contributed by atoms with van der Waals surface area (Å²) in [6, 6.07) is 14.7. The molecule has 2 atom stereocenters. The molecule has 0 bridgehead atoms. The number of carbonyl (C=O) groups excluding carboxylic acids is 2. The Hall–Kier alpha value is -4.46. The minimum atomic E-state index is -1.17. The van der Waals surface area contributed by atoms with Crippen LogP contribution in [0.3, 0.4) is 0 Å². The molecule has 0 unspecified atom stereocenters. The van der Waals surface area contributed by atoms with Gasteiger partial charge in [-0.3, -0.25) is 5.43 Å². The van der Waals surface area contributed by atoms with Crippen LogP contribution in [-0.2, 0) is 16.1 Å². The Balaban J connectivity index is 1.39. The van der Waals surface area contributed by atoms with Gasteiger partial charge in [0.05, 0.1) is 43.1 Å². The van der Waals surface area contributed by atoms with Crippen LogP contribution in [0, 0.1) is 0 Å². The van der Waals surface area contributed by atoms with E-state index >= 15 is 0 Å². The van der Waals surface area contributed by atoms with Gasteiger partial charge in [-0.05, 0) is 71.2 Å². The zero-order valence-electron chi connectivity index (χ0n) is 25.6. The van der Waals surface area contributed by atoms with Crippen molar-refractivity contribution in [3.63, 3.8) is 0 Å². The van der Waals surface area contributed by atoms with Crippen molar-refractivity contribution in [2.24, 2.45) is 5.10 Å². The second-order valence-corrected chi connectivity index (χ2v) is 11.1. The number of hydrogen-bond donors (Lipinski definition) is 4. The Morgan fingerprint density at radius 3 is 2.61 bits per heavy atom. The number of urea groups is 1. The average Bonchev–Trinajstić information content (AvgIpc) is 3.03. The molecule has 244 valence electrons. The lowest BCUT2D eigenvalue weighted by molar-refractivity contribution is -0.136. The third-order valence-electron chi connectivity index (χ3n) is 6.69. The van der Waals surface area contributed by atoms with Crippen molar-refractivity contribution in [3.8, 4) is 23.0 Å². The first kappa shape index (κ1) is 34.4. The zero-order chi connectivity index (χ0) is 33.2. The first-order chi connectivity index (χ1) is 22.1. The van der Waals surface area contributed by atoms with E-state index < -0.39 is 24.3 Å². The molecule has 1 aliphatic rings.